The molecule has 2 aromatic carbocycles. The normalized spacial score (nSPS) is 18.8. The summed E-state index contributed by atoms with van der Waals surface area (Å²) in [6.07, 6.45) is 4.71. The molecule has 5 nitrogen and oxygen atoms in total. The summed E-state index contributed by atoms with van der Waals surface area (Å²) in [5, 5.41) is 10.1. The molecule has 3 rings (SSSR count). The zero-order valence-electron chi connectivity index (χ0n) is 17.7. The molecule has 1 saturated heterocycles. The van der Waals surface area contributed by atoms with Gasteiger partial charge in [0.25, 0.3) is 5.91 Å². The lowest BCUT2D eigenvalue weighted by Crippen LogP contribution is -2.49. The minimum absolute atomic E-state index is 0.00134. The van der Waals surface area contributed by atoms with E-state index in [4.69, 9.17) is 4.74 Å². The van der Waals surface area contributed by atoms with E-state index >= 15 is 0 Å². The second kappa shape index (κ2) is 10.4. The third-order valence-electron chi connectivity index (χ3n) is 5.99. The number of aryl methyl sites for hydroxylation is 1. The minimum Gasteiger partial charge on any atom is -0.484 e. The quantitative estimate of drug-likeness (QED) is 0.638. The highest BCUT2D eigenvalue weighted by atomic mass is 16.5. The fraction of sp³-hybridized carbons (Fsp3) is 0.440. The van der Waals surface area contributed by atoms with E-state index < -0.39 is 0 Å². The number of hydrogen-bond acceptors (Lipinski definition) is 4. The van der Waals surface area contributed by atoms with Crippen molar-refractivity contribution < 1.29 is 19.4 Å². The third-order valence-corrected chi connectivity index (χ3v) is 5.99. The molecule has 1 fully saturated rings. The molecular formula is C25H31NO4. The van der Waals surface area contributed by atoms with Crippen molar-refractivity contribution in [3.05, 3.63) is 65.7 Å². The molecule has 0 aromatic heterocycles. The summed E-state index contributed by atoms with van der Waals surface area (Å²) in [5.41, 5.74) is 1.69. The van der Waals surface area contributed by atoms with Crippen molar-refractivity contribution in [3.63, 3.8) is 0 Å². The number of carbonyl (C=O) groups excluding carboxylic acids is 2. The smallest absolute Gasteiger partial charge is 0.260 e. The van der Waals surface area contributed by atoms with Crippen LogP contribution in [0.5, 0.6) is 5.75 Å². The highest BCUT2D eigenvalue weighted by Gasteiger charge is 2.36. The van der Waals surface area contributed by atoms with Crippen LogP contribution in [0, 0.1) is 5.41 Å². The number of rotatable bonds is 9. The molecule has 0 unspecified atom stereocenters. The Morgan fingerprint density at radius 1 is 1.10 bits per heavy atom. The van der Waals surface area contributed by atoms with E-state index in [1.165, 1.54) is 12.5 Å². The zero-order chi connectivity index (χ0) is 21.4. The van der Waals surface area contributed by atoms with Gasteiger partial charge < -0.3 is 14.7 Å². The number of piperidine rings is 1. The van der Waals surface area contributed by atoms with Crippen molar-refractivity contribution in [2.45, 2.75) is 39.0 Å². The Kier molecular flexibility index (Phi) is 7.63. The van der Waals surface area contributed by atoms with Gasteiger partial charge in [0.05, 0.1) is 6.61 Å². The van der Waals surface area contributed by atoms with E-state index in [-0.39, 0.29) is 30.3 Å². The van der Waals surface area contributed by atoms with Crippen LogP contribution in [0.25, 0.3) is 0 Å². The summed E-state index contributed by atoms with van der Waals surface area (Å²) in [7, 11) is 0. The van der Waals surface area contributed by atoms with Crippen molar-refractivity contribution in [3.8, 4) is 5.75 Å². The van der Waals surface area contributed by atoms with Gasteiger partial charge in [-0.25, -0.2) is 0 Å². The van der Waals surface area contributed by atoms with Crippen LogP contribution in [0.4, 0.5) is 0 Å². The average Bonchev–Trinajstić information content (AvgIpc) is 2.78. The number of ketones is 1. The molecule has 0 bridgehead atoms. The number of hydrogen-bond donors (Lipinski definition) is 1. The molecule has 1 aliphatic rings. The van der Waals surface area contributed by atoms with Crippen LogP contribution < -0.4 is 4.74 Å². The summed E-state index contributed by atoms with van der Waals surface area (Å²) in [5.74, 6) is 0.506. The van der Waals surface area contributed by atoms with Crippen LogP contribution in [0.3, 0.4) is 0 Å². The zero-order valence-corrected chi connectivity index (χ0v) is 17.7. The van der Waals surface area contributed by atoms with E-state index in [2.05, 4.69) is 12.1 Å². The second-order valence-electron chi connectivity index (χ2n) is 8.29. The molecule has 2 aromatic rings. The van der Waals surface area contributed by atoms with Crippen molar-refractivity contribution in [2.75, 3.05) is 26.3 Å². The monoisotopic (exact) mass is 409 g/mol. The Hall–Kier alpha value is -2.66. The lowest BCUT2D eigenvalue weighted by atomic mass is 9.76. The molecule has 0 aliphatic carbocycles. The Balaban J connectivity index is 1.51. The summed E-state index contributed by atoms with van der Waals surface area (Å²) < 4.78 is 5.63. The number of Topliss-reactive ketones (excluding diaryl/α,β-unsaturated/α-hetero) is 1. The maximum atomic E-state index is 12.7. The summed E-state index contributed by atoms with van der Waals surface area (Å²) >= 11 is 0. The first-order valence-corrected chi connectivity index (χ1v) is 10.7. The van der Waals surface area contributed by atoms with Gasteiger partial charge in [-0.2, -0.15) is 0 Å². The maximum absolute atomic E-state index is 12.7. The van der Waals surface area contributed by atoms with Gasteiger partial charge in [0.2, 0.25) is 0 Å². The standard InChI is InChI=1S/C25H31NO4/c1-20(28)22-10-12-23(13-11-22)30-17-24(29)26-16-6-15-25(18-26,19-27)14-5-9-21-7-3-2-4-8-21/h2-4,7-8,10-13,27H,5-6,9,14-19H2,1H3/t25-/m1/s1. The number of nitrogens with zero attached hydrogens (tertiary/aromatic N) is 1. The first-order valence-electron chi connectivity index (χ1n) is 10.7. The summed E-state index contributed by atoms with van der Waals surface area (Å²) in [6.45, 7) is 2.85. The molecule has 1 atom stereocenters. The predicted octanol–water partition coefficient (Wildman–Crippen LogP) is 3.89. The average molecular weight is 410 g/mol. The topological polar surface area (TPSA) is 66.8 Å². The minimum atomic E-state index is -0.230. The second-order valence-corrected chi connectivity index (χ2v) is 8.29. The number of aliphatic hydroxyl groups is 1. The molecule has 1 N–H and O–H groups in total. The van der Waals surface area contributed by atoms with Gasteiger partial charge in [-0.3, -0.25) is 9.59 Å². The molecule has 160 valence electrons. The maximum Gasteiger partial charge on any atom is 0.260 e. The van der Waals surface area contributed by atoms with Crippen molar-refractivity contribution in [2.24, 2.45) is 5.41 Å². The third kappa shape index (κ3) is 5.92. The molecule has 0 saturated carbocycles. The fourth-order valence-electron chi connectivity index (χ4n) is 4.17. The van der Waals surface area contributed by atoms with Gasteiger partial charge in [-0.05, 0) is 68.9 Å². The predicted molar refractivity (Wildman–Crippen MR) is 117 cm³/mol. The number of amides is 1. The number of aliphatic hydroxyl groups excluding tert-OH is 1. The number of benzene rings is 2. The van der Waals surface area contributed by atoms with Crippen molar-refractivity contribution in [1.82, 2.24) is 4.90 Å². The number of ether oxygens (including phenoxy) is 1. The van der Waals surface area contributed by atoms with E-state index in [0.717, 1.165) is 32.1 Å². The van der Waals surface area contributed by atoms with Gasteiger partial charge in [0.15, 0.2) is 12.4 Å². The summed E-state index contributed by atoms with van der Waals surface area (Å²) in [4.78, 5) is 25.9. The highest BCUT2D eigenvalue weighted by molar-refractivity contribution is 5.94. The van der Waals surface area contributed by atoms with Crippen LogP contribution in [-0.2, 0) is 11.2 Å². The molecule has 0 spiro atoms. The molecule has 30 heavy (non-hydrogen) atoms. The molecule has 5 heteroatoms. The van der Waals surface area contributed by atoms with Crippen LogP contribution in [0.15, 0.2) is 54.6 Å². The Labute approximate surface area is 178 Å². The van der Waals surface area contributed by atoms with E-state index in [0.29, 0.717) is 24.4 Å². The highest BCUT2D eigenvalue weighted by Crippen LogP contribution is 2.35. The fourth-order valence-corrected chi connectivity index (χ4v) is 4.17. The van der Waals surface area contributed by atoms with E-state index in [1.54, 1.807) is 24.3 Å². The van der Waals surface area contributed by atoms with Crippen LogP contribution in [-0.4, -0.2) is 48.0 Å². The molecule has 1 amide bonds. The Morgan fingerprint density at radius 3 is 2.50 bits per heavy atom. The number of carbonyl (C=O) groups is 2. The van der Waals surface area contributed by atoms with Gasteiger partial charge >= 0.3 is 0 Å². The van der Waals surface area contributed by atoms with Crippen molar-refractivity contribution in [1.29, 1.82) is 0 Å². The van der Waals surface area contributed by atoms with Crippen LogP contribution >= 0.6 is 0 Å². The summed E-state index contributed by atoms with van der Waals surface area (Å²) in [6, 6.07) is 17.2. The van der Waals surface area contributed by atoms with Crippen LogP contribution in [0.1, 0.15) is 48.5 Å². The Morgan fingerprint density at radius 2 is 1.83 bits per heavy atom. The SMILES string of the molecule is CC(=O)c1ccc(OCC(=O)N2CCC[C@](CO)(CCCc3ccccc3)C2)cc1. The molecule has 1 heterocycles. The van der Waals surface area contributed by atoms with Gasteiger partial charge in [0.1, 0.15) is 5.75 Å². The van der Waals surface area contributed by atoms with E-state index in [9.17, 15) is 14.7 Å². The van der Waals surface area contributed by atoms with Crippen LogP contribution in [0.2, 0.25) is 0 Å². The first-order chi connectivity index (χ1) is 14.5. The first kappa shape index (κ1) is 22.0. The number of likely N-dealkylation sites (tertiary alicyclic amines) is 1. The molecule has 1 aliphatic heterocycles. The van der Waals surface area contributed by atoms with Gasteiger partial charge in [0, 0.05) is 24.1 Å². The van der Waals surface area contributed by atoms with E-state index in [1.807, 2.05) is 23.1 Å². The van der Waals surface area contributed by atoms with Crippen molar-refractivity contribution >= 4 is 11.7 Å². The Bertz CT molecular complexity index is 834. The van der Waals surface area contributed by atoms with Gasteiger partial charge in [-0.1, -0.05) is 30.3 Å². The largest absolute Gasteiger partial charge is 0.484 e. The lowest BCUT2D eigenvalue weighted by molar-refractivity contribution is -0.138. The lowest BCUT2D eigenvalue weighted by Gasteiger charge is -2.42. The molecule has 0 radical (unpaired) electrons. The van der Waals surface area contributed by atoms with Gasteiger partial charge in [-0.15, -0.1) is 0 Å². The molecular weight excluding hydrogens is 378 g/mol.